The average molecular weight is 345 g/mol. The number of aromatic nitrogens is 1. The Hall–Kier alpha value is -3.34. The van der Waals surface area contributed by atoms with Gasteiger partial charge < -0.3 is 8.98 Å². The Kier molecular flexibility index (Phi) is 4.05. The van der Waals surface area contributed by atoms with Crippen LogP contribution in [-0.2, 0) is 6.54 Å². The van der Waals surface area contributed by atoms with Gasteiger partial charge in [-0.05, 0) is 43.7 Å². The van der Waals surface area contributed by atoms with Crippen molar-refractivity contribution in [1.29, 1.82) is 0 Å². The van der Waals surface area contributed by atoms with E-state index in [1.807, 2.05) is 6.07 Å². The lowest BCUT2D eigenvalue weighted by molar-refractivity contribution is 0.0953. The zero-order chi connectivity index (χ0) is 18.1. The van der Waals surface area contributed by atoms with Gasteiger partial charge in [0.2, 0.25) is 0 Å². The van der Waals surface area contributed by atoms with Gasteiger partial charge in [0.15, 0.2) is 0 Å². The van der Waals surface area contributed by atoms with E-state index in [-0.39, 0.29) is 5.91 Å². The third-order valence-electron chi connectivity index (χ3n) is 4.60. The van der Waals surface area contributed by atoms with Gasteiger partial charge in [0.05, 0.1) is 18.0 Å². The van der Waals surface area contributed by atoms with Crippen molar-refractivity contribution >= 4 is 33.9 Å². The molecule has 0 aliphatic carbocycles. The molecule has 0 spiro atoms. The fraction of sp³-hybridized carbons (Fsp3) is 0.143. The van der Waals surface area contributed by atoms with Crippen molar-refractivity contribution < 1.29 is 9.21 Å². The molecule has 2 heterocycles. The lowest BCUT2D eigenvalue weighted by Crippen LogP contribution is -2.17. The Morgan fingerprint density at radius 3 is 2.73 bits per heavy atom. The molecule has 4 rings (SSSR count). The second kappa shape index (κ2) is 6.52. The van der Waals surface area contributed by atoms with Crippen molar-refractivity contribution in [3.63, 3.8) is 0 Å². The lowest BCUT2D eigenvalue weighted by atomic mass is 10.1. The smallest absolute Gasteiger partial charge is 0.274 e. The van der Waals surface area contributed by atoms with E-state index in [1.165, 1.54) is 28.1 Å². The van der Waals surface area contributed by atoms with Crippen LogP contribution < -0.4 is 5.43 Å². The molecule has 0 aliphatic rings. The molecule has 2 aromatic heterocycles. The number of hydrogen-bond donors (Lipinski definition) is 1. The molecule has 0 radical (unpaired) electrons. The molecule has 0 fully saturated rings. The number of carbonyl (C=O) groups is 1. The zero-order valence-corrected chi connectivity index (χ0v) is 14.7. The van der Waals surface area contributed by atoms with Gasteiger partial charge in [-0.25, -0.2) is 5.43 Å². The molecule has 0 unspecified atom stereocenters. The van der Waals surface area contributed by atoms with E-state index in [4.69, 9.17) is 4.42 Å². The molecule has 4 aromatic rings. The number of fused-ring (bicyclic) bond motifs is 3. The van der Waals surface area contributed by atoms with Crippen molar-refractivity contribution in [2.75, 3.05) is 0 Å². The number of nitrogens with zero attached hydrogens (tertiary/aromatic N) is 2. The molecule has 1 N–H and O–H groups in total. The van der Waals surface area contributed by atoms with Gasteiger partial charge >= 0.3 is 0 Å². The van der Waals surface area contributed by atoms with Crippen molar-refractivity contribution in [3.05, 3.63) is 71.7 Å². The summed E-state index contributed by atoms with van der Waals surface area (Å²) < 4.78 is 7.44. The van der Waals surface area contributed by atoms with E-state index >= 15 is 0 Å². The molecule has 0 saturated heterocycles. The van der Waals surface area contributed by atoms with Gasteiger partial charge in [-0.2, -0.15) is 5.10 Å². The number of hydrazone groups is 1. The maximum Gasteiger partial charge on any atom is 0.274 e. The Morgan fingerprint density at radius 2 is 1.96 bits per heavy atom. The fourth-order valence-corrected chi connectivity index (χ4v) is 3.34. The minimum absolute atomic E-state index is 0.281. The van der Waals surface area contributed by atoms with Crippen molar-refractivity contribution in [1.82, 2.24) is 9.99 Å². The van der Waals surface area contributed by atoms with Crippen LogP contribution in [0.5, 0.6) is 0 Å². The minimum atomic E-state index is -0.281. The van der Waals surface area contributed by atoms with Crippen LogP contribution in [0.4, 0.5) is 0 Å². The summed E-state index contributed by atoms with van der Waals surface area (Å²) in [7, 11) is 0. The summed E-state index contributed by atoms with van der Waals surface area (Å²) in [5.74, 6) is 0.294. The molecular formula is C21H19N3O2. The van der Waals surface area contributed by atoms with Crippen LogP contribution >= 0.6 is 0 Å². The summed E-state index contributed by atoms with van der Waals surface area (Å²) >= 11 is 0. The molecule has 5 nitrogen and oxygen atoms in total. The highest BCUT2D eigenvalue weighted by Gasteiger charge is 2.11. The summed E-state index contributed by atoms with van der Waals surface area (Å²) in [5.41, 5.74) is 6.38. The predicted octanol–water partition coefficient (Wildman–Crippen LogP) is 4.48. The van der Waals surface area contributed by atoms with Gasteiger partial charge in [0.25, 0.3) is 5.91 Å². The zero-order valence-electron chi connectivity index (χ0n) is 14.7. The first kappa shape index (κ1) is 16.1. The summed E-state index contributed by atoms with van der Waals surface area (Å²) in [6.45, 7) is 4.81. The van der Waals surface area contributed by atoms with E-state index in [0.717, 1.165) is 12.1 Å². The lowest BCUT2D eigenvalue weighted by Gasteiger charge is -2.02. The van der Waals surface area contributed by atoms with Crippen LogP contribution in [0.1, 0.15) is 28.6 Å². The van der Waals surface area contributed by atoms with Gasteiger partial charge in [-0.1, -0.05) is 24.3 Å². The summed E-state index contributed by atoms with van der Waals surface area (Å²) in [6, 6.07) is 16.2. The van der Waals surface area contributed by atoms with Gasteiger partial charge in [0.1, 0.15) is 5.76 Å². The molecule has 26 heavy (non-hydrogen) atoms. The molecule has 2 aromatic carbocycles. The van der Waals surface area contributed by atoms with Crippen LogP contribution in [-0.4, -0.2) is 16.7 Å². The third kappa shape index (κ3) is 2.67. The van der Waals surface area contributed by atoms with Crippen molar-refractivity contribution in [3.8, 4) is 0 Å². The Morgan fingerprint density at radius 1 is 1.15 bits per heavy atom. The highest BCUT2D eigenvalue weighted by molar-refractivity contribution is 6.09. The average Bonchev–Trinajstić information content (AvgIpc) is 3.22. The van der Waals surface area contributed by atoms with E-state index in [1.54, 1.807) is 19.2 Å². The van der Waals surface area contributed by atoms with Crippen LogP contribution in [0.15, 0.2) is 64.3 Å². The normalized spacial score (nSPS) is 11.6. The van der Waals surface area contributed by atoms with Crippen LogP contribution in [0.25, 0.3) is 21.8 Å². The predicted molar refractivity (Wildman–Crippen MR) is 104 cm³/mol. The third-order valence-corrected chi connectivity index (χ3v) is 4.60. The number of amides is 1. The SMILES string of the molecule is CCn1c2ccccc2c2cc(/C=N\NC(=O)c3ccoc3C)ccc21. The summed E-state index contributed by atoms with van der Waals surface area (Å²) in [6.07, 6.45) is 3.15. The molecule has 0 atom stereocenters. The molecular weight excluding hydrogens is 326 g/mol. The van der Waals surface area contributed by atoms with E-state index in [0.29, 0.717) is 11.3 Å². The number of hydrogen-bond acceptors (Lipinski definition) is 3. The second-order valence-electron chi connectivity index (χ2n) is 6.13. The highest BCUT2D eigenvalue weighted by atomic mass is 16.3. The van der Waals surface area contributed by atoms with Crippen LogP contribution in [0.3, 0.4) is 0 Å². The number of nitrogens with one attached hydrogen (secondary N) is 1. The monoisotopic (exact) mass is 345 g/mol. The standard InChI is InChI=1S/C21H19N3O2/c1-3-24-19-7-5-4-6-17(19)18-12-15(8-9-20(18)24)13-22-23-21(25)16-10-11-26-14(16)2/h4-13H,3H2,1-2H3,(H,23,25)/b22-13-. The molecule has 0 aliphatic heterocycles. The molecule has 5 heteroatoms. The number of aryl methyl sites for hydroxylation is 2. The number of rotatable bonds is 4. The largest absolute Gasteiger partial charge is 0.469 e. The molecule has 0 saturated carbocycles. The first-order chi connectivity index (χ1) is 12.7. The van der Waals surface area contributed by atoms with Gasteiger partial charge in [-0.15, -0.1) is 0 Å². The van der Waals surface area contributed by atoms with E-state index in [9.17, 15) is 4.79 Å². The maximum absolute atomic E-state index is 12.1. The summed E-state index contributed by atoms with van der Waals surface area (Å²) in [4.78, 5) is 12.1. The highest BCUT2D eigenvalue weighted by Crippen LogP contribution is 2.29. The van der Waals surface area contributed by atoms with E-state index in [2.05, 4.69) is 58.4 Å². The second-order valence-corrected chi connectivity index (χ2v) is 6.13. The first-order valence-electron chi connectivity index (χ1n) is 8.57. The van der Waals surface area contributed by atoms with E-state index < -0.39 is 0 Å². The number of para-hydroxylation sites is 1. The van der Waals surface area contributed by atoms with Crippen LogP contribution in [0.2, 0.25) is 0 Å². The quantitative estimate of drug-likeness (QED) is 0.438. The maximum atomic E-state index is 12.1. The molecule has 130 valence electrons. The van der Waals surface area contributed by atoms with Crippen molar-refractivity contribution in [2.24, 2.45) is 5.10 Å². The fourth-order valence-electron chi connectivity index (χ4n) is 3.34. The molecule has 1 amide bonds. The Labute approximate surface area is 150 Å². The van der Waals surface area contributed by atoms with Gasteiger partial charge in [0, 0.05) is 28.4 Å². The van der Waals surface area contributed by atoms with Gasteiger partial charge in [-0.3, -0.25) is 4.79 Å². The van der Waals surface area contributed by atoms with Crippen molar-refractivity contribution in [2.45, 2.75) is 20.4 Å². The number of carbonyl (C=O) groups excluding carboxylic acids is 1. The molecule has 0 bridgehead atoms. The Balaban J connectivity index is 1.64. The number of furan rings is 1. The minimum Gasteiger partial charge on any atom is -0.469 e. The summed E-state index contributed by atoms with van der Waals surface area (Å²) in [5, 5.41) is 6.48. The first-order valence-corrected chi connectivity index (χ1v) is 8.57. The Bertz CT molecular complexity index is 1130. The number of benzene rings is 2. The topological polar surface area (TPSA) is 59.5 Å². The van der Waals surface area contributed by atoms with Crippen LogP contribution in [0, 0.1) is 6.92 Å².